The molecule has 1 heteroatoms. The number of nitrogens with zero attached hydrogens (tertiary/aromatic N) is 1. The molecule has 2 atom stereocenters. The van der Waals surface area contributed by atoms with Crippen LogP contribution in [0.4, 0.5) is 0 Å². The van der Waals surface area contributed by atoms with Crippen molar-refractivity contribution in [1.29, 1.82) is 0 Å². The molecule has 0 bridgehead atoms. The van der Waals surface area contributed by atoms with Gasteiger partial charge in [0.05, 0.1) is 0 Å². The number of hydrogen-bond donors (Lipinski definition) is 0. The van der Waals surface area contributed by atoms with Gasteiger partial charge in [0.1, 0.15) is 0 Å². The molecule has 0 N–H and O–H groups in total. The van der Waals surface area contributed by atoms with Crippen molar-refractivity contribution in [1.82, 2.24) is 4.90 Å². The Balaban J connectivity index is 1.61. The zero-order valence-corrected chi connectivity index (χ0v) is 8.05. The smallest absolute Gasteiger partial charge is 0.00387 e. The van der Waals surface area contributed by atoms with Gasteiger partial charge in [-0.3, -0.25) is 0 Å². The van der Waals surface area contributed by atoms with Gasteiger partial charge in [-0.15, -0.1) is 0 Å². The largest absolute Gasteiger partial charge is 0.302 e. The molecule has 1 heterocycles. The Morgan fingerprint density at radius 1 is 1.33 bits per heavy atom. The second kappa shape index (κ2) is 2.25. The number of fused-ring (bicyclic) bond motifs is 1. The summed E-state index contributed by atoms with van der Waals surface area (Å²) in [6, 6.07) is 0. The highest BCUT2D eigenvalue weighted by Crippen LogP contribution is 2.51. The standard InChI is InChI=1S/C11H19N/c1-11-5-4-10(11)7-12(8-11)6-9-2-3-9/h9-10H,2-8H2,1H3. The maximum Gasteiger partial charge on any atom is 0.00387 e. The normalized spacial score (nSPS) is 47.2. The first-order valence-electron chi connectivity index (χ1n) is 5.49. The van der Waals surface area contributed by atoms with Crippen LogP contribution in [-0.2, 0) is 0 Å². The molecule has 2 saturated carbocycles. The molecular formula is C11H19N. The fourth-order valence-electron chi connectivity index (χ4n) is 3.05. The molecule has 1 nitrogen and oxygen atoms in total. The molecular weight excluding hydrogens is 146 g/mol. The Bertz CT molecular complexity index is 197. The van der Waals surface area contributed by atoms with Gasteiger partial charge in [-0.05, 0) is 42.9 Å². The van der Waals surface area contributed by atoms with Crippen LogP contribution in [0.1, 0.15) is 32.6 Å². The summed E-state index contributed by atoms with van der Waals surface area (Å²) in [6.07, 6.45) is 6.03. The Morgan fingerprint density at radius 2 is 2.17 bits per heavy atom. The monoisotopic (exact) mass is 165 g/mol. The highest BCUT2D eigenvalue weighted by atomic mass is 15.2. The second-order valence-corrected chi connectivity index (χ2v) is 5.53. The molecule has 0 aromatic carbocycles. The molecule has 0 spiro atoms. The summed E-state index contributed by atoms with van der Waals surface area (Å²) in [7, 11) is 0. The average molecular weight is 165 g/mol. The maximum atomic E-state index is 2.73. The Hall–Kier alpha value is -0.0400. The maximum absolute atomic E-state index is 2.73. The molecule has 1 aliphatic heterocycles. The molecule has 2 unspecified atom stereocenters. The van der Waals surface area contributed by atoms with Gasteiger partial charge >= 0.3 is 0 Å². The number of rotatable bonds is 2. The van der Waals surface area contributed by atoms with Crippen LogP contribution in [-0.4, -0.2) is 24.5 Å². The van der Waals surface area contributed by atoms with E-state index in [2.05, 4.69) is 11.8 Å². The fourth-order valence-corrected chi connectivity index (χ4v) is 3.05. The fraction of sp³-hybridized carbons (Fsp3) is 1.00. The lowest BCUT2D eigenvalue weighted by Crippen LogP contribution is -2.36. The third kappa shape index (κ3) is 1.02. The van der Waals surface area contributed by atoms with Crippen molar-refractivity contribution in [3.05, 3.63) is 0 Å². The van der Waals surface area contributed by atoms with Crippen LogP contribution in [0.15, 0.2) is 0 Å². The first-order valence-corrected chi connectivity index (χ1v) is 5.49. The summed E-state index contributed by atoms with van der Waals surface area (Å²) in [5.41, 5.74) is 0.745. The van der Waals surface area contributed by atoms with Gasteiger partial charge in [0.2, 0.25) is 0 Å². The van der Waals surface area contributed by atoms with Gasteiger partial charge in [-0.2, -0.15) is 0 Å². The summed E-state index contributed by atoms with van der Waals surface area (Å²) in [4.78, 5) is 2.73. The molecule has 0 aromatic heterocycles. The van der Waals surface area contributed by atoms with Gasteiger partial charge < -0.3 is 4.90 Å². The molecule has 3 fully saturated rings. The van der Waals surface area contributed by atoms with Gasteiger partial charge in [0.25, 0.3) is 0 Å². The summed E-state index contributed by atoms with van der Waals surface area (Å²) < 4.78 is 0. The minimum Gasteiger partial charge on any atom is -0.302 e. The minimum absolute atomic E-state index is 0.745. The van der Waals surface area contributed by atoms with E-state index in [9.17, 15) is 0 Å². The van der Waals surface area contributed by atoms with Crippen molar-refractivity contribution >= 4 is 0 Å². The van der Waals surface area contributed by atoms with Crippen molar-refractivity contribution in [2.75, 3.05) is 19.6 Å². The predicted octanol–water partition coefficient (Wildman–Crippen LogP) is 2.13. The van der Waals surface area contributed by atoms with E-state index < -0.39 is 0 Å². The molecule has 3 rings (SSSR count). The lowest BCUT2D eigenvalue weighted by atomic mass is 9.64. The number of likely N-dealkylation sites (tertiary alicyclic amines) is 1. The molecule has 0 radical (unpaired) electrons. The van der Waals surface area contributed by atoms with Crippen molar-refractivity contribution in [3.8, 4) is 0 Å². The van der Waals surface area contributed by atoms with Gasteiger partial charge in [-0.25, -0.2) is 0 Å². The van der Waals surface area contributed by atoms with Crippen molar-refractivity contribution in [2.45, 2.75) is 32.6 Å². The molecule has 0 amide bonds. The van der Waals surface area contributed by atoms with E-state index in [0.29, 0.717) is 0 Å². The van der Waals surface area contributed by atoms with Crippen LogP contribution in [0.2, 0.25) is 0 Å². The van der Waals surface area contributed by atoms with E-state index in [1.54, 1.807) is 0 Å². The van der Waals surface area contributed by atoms with Crippen LogP contribution in [0.5, 0.6) is 0 Å². The van der Waals surface area contributed by atoms with Crippen molar-refractivity contribution < 1.29 is 0 Å². The molecule has 1 saturated heterocycles. The van der Waals surface area contributed by atoms with Crippen LogP contribution < -0.4 is 0 Å². The molecule has 12 heavy (non-hydrogen) atoms. The Kier molecular flexibility index (Phi) is 1.39. The zero-order valence-electron chi connectivity index (χ0n) is 8.05. The third-order valence-corrected chi connectivity index (χ3v) is 4.33. The molecule has 0 aromatic rings. The van der Waals surface area contributed by atoms with Gasteiger partial charge in [0, 0.05) is 19.6 Å². The van der Waals surface area contributed by atoms with E-state index >= 15 is 0 Å². The first-order chi connectivity index (χ1) is 5.76. The van der Waals surface area contributed by atoms with E-state index in [1.807, 2.05) is 0 Å². The summed E-state index contributed by atoms with van der Waals surface area (Å²) in [5.74, 6) is 2.15. The zero-order chi connectivity index (χ0) is 8.18. The molecule has 68 valence electrons. The van der Waals surface area contributed by atoms with Crippen LogP contribution in [0.3, 0.4) is 0 Å². The molecule has 2 aliphatic carbocycles. The highest BCUT2D eigenvalue weighted by molar-refractivity contribution is 5.01. The van der Waals surface area contributed by atoms with Crippen LogP contribution in [0.25, 0.3) is 0 Å². The van der Waals surface area contributed by atoms with E-state index in [-0.39, 0.29) is 0 Å². The third-order valence-electron chi connectivity index (χ3n) is 4.33. The van der Waals surface area contributed by atoms with Crippen LogP contribution in [0, 0.1) is 17.3 Å². The lowest BCUT2D eigenvalue weighted by Gasteiger charge is -2.40. The minimum atomic E-state index is 0.745. The Morgan fingerprint density at radius 3 is 2.58 bits per heavy atom. The van der Waals surface area contributed by atoms with E-state index in [4.69, 9.17) is 0 Å². The van der Waals surface area contributed by atoms with Gasteiger partial charge in [-0.1, -0.05) is 6.92 Å². The summed E-state index contributed by atoms with van der Waals surface area (Å²) >= 11 is 0. The number of hydrogen-bond acceptors (Lipinski definition) is 1. The van der Waals surface area contributed by atoms with Crippen molar-refractivity contribution in [2.24, 2.45) is 17.3 Å². The lowest BCUT2D eigenvalue weighted by molar-refractivity contribution is 0.108. The van der Waals surface area contributed by atoms with Gasteiger partial charge in [0.15, 0.2) is 0 Å². The van der Waals surface area contributed by atoms with E-state index in [0.717, 1.165) is 17.3 Å². The highest BCUT2D eigenvalue weighted by Gasteiger charge is 2.49. The predicted molar refractivity (Wildman–Crippen MR) is 50.0 cm³/mol. The second-order valence-electron chi connectivity index (χ2n) is 5.53. The van der Waals surface area contributed by atoms with Crippen molar-refractivity contribution in [3.63, 3.8) is 0 Å². The van der Waals surface area contributed by atoms with E-state index in [1.165, 1.54) is 45.3 Å². The topological polar surface area (TPSA) is 3.24 Å². The average Bonchev–Trinajstić information content (AvgIpc) is 2.77. The summed E-state index contributed by atoms with van der Waals surface area (Å²) in [5, 5.41) is 0. The van der Waals surface area contributed by atoms with Crippen LogP contribution >= 0.6 is 0 Å². The molecule has 3 aliphatic rings. The first kappa shape index (κ1) is 7.37. The SMILES string of the molecule is CC12CCC1CN(CC1CC1)C2. The summed E-state index contributed by atoms with van der Waals surface area (Å²) in [6.45, 7) is 6.75. The quantitative estimate of drug-likeness (QED) is 0.606. The Labute approximate surface area is 75.1 Å².